The van der Waals surface area contributed by atoms with Crippen molar-refractivity contribution in [1.82, 2.24) is 0 Å². The Kier molecular flexibility index (Phi) is 12.6. The van der Waals surface area contributed by atoms with Gasteiger partial charge in [0.05, 0.1) is 0 Å². The molecule has 0 heterocycles. The maximum Gasteiger partial charge on any atom is -1.00 e. The molecule has 0 fully saturated rings. The SMILES string of the molecule is CC1=[C-]C(C)(C)c2cc3c(cc21)-c1cc2c(cc1C3)C(C)(C)C=C2C.CCc1cc(C(C)(C)C)c[cH-]1.C[C](=[Zr+2])c1ccc(C)cc1.[Cl-].[Cl-]. The molecule has 0 saturated heterocycles. The second-order valence-electron chi connectivity index (χ2n) is 15.8. The van der Waals surface area contributed by atoms with E-state index in [2.05, 4.69) is 162 Å². The molecule has 4 aromatic rings. The van der Waals surface area contributed by atoms with E-state index in [4.69, 9.17) is 0 Å². The van der Waals surface area contributed by atoms with E-state index in [-0.39, 0.29) is 35.6 Å². The van der Waals surface area contributed by atoms with Crippen LogP contribution in [0.25, 0.3) is 22.3 Å². The molecular weight excluding hydrogens is 703 g/mol. The van der Waals surface area contributed by atoms with E-state index in [0.29, 0.717) is 5.41 Å². The van der Waals surface area contributed by atoms with E-state index < -0.39 is 0 Å². The Morgan fingerprint density at radius 2 is 1.38 bits per heavy atom. The molecule has 3 heteroatoms. The van der Waals surface area contributed by atoms with Crippen LogP contribution < -0.4 is 24.8 Å². The molecule has 0 radical (unpaired) electrons. The van der Waals surface area contributed by atoms with Crippen molar-refractivity contribution in [1.29, 1.82) is 0 Å². The van der Waals surface area contributed by atoms with Crippen molar-refractivity contribution in [3.05, 3.63) is 135 Å². The van der Waals surface area contributed by atoms with E-state index in [9.17, 15) is 0 Å². The first-order chi connectivity index (χ1) is 21.4. The summed E-state index contributed by atoms with van der Waals surface area (Å²) in [5, 5.41) is 0. The summed E-state index contributed by atoms with van der Waals surface area (Å²) in [5.41, 5.74) is 20.5. The van der Waals surface area contributed by atoms with Crippen molar-refractivity contribution < 1.29 is 49.0 Å². The number of benzene rings is 3. The van der Waals surface area contributed by atoms with Crippen LogP contribution in [0.1, 0.15) is 132 Å². The molecule has 3 aliphatic rings. The Morgan fingerprint density at radius 1 is 0.812 bits per heavy atom. The first kappa shape index (κ1) is 40.3. The van der Waals surface area contributed by atoms with Crippen LogP contribution in [-0.4, -0.2) is 3.21 Å². The molecule has 0 unspecified atom stereocenters. The Bertz CT molecular complexity index is 1780. The van der Waals surface area contributed by atoms with Gasteiger partial charge in [-0.3, -0.25) is 6.08 Å². The summed E-state index contributed by atoms with van der Waals surface area (Å²) in [7, 11) is 0. The molecule has 0 saturated carbocycles. The molecule has 252 valence electrons. The largest absolute Gasteiger partial charge is 1.00 e. The molecular formula is C45H52Cl2Zr-2. The summed E-state index contributed by atoms with van der Waals surface area (Å²) in [6.45, 7) is 26.9. The molecule has 4 aromatic carbocycles. The zero-order chi connectivity index (χ0) is 33.8. The average Bonchev–Trinajstić information content (AvgIpc) is 3.70. The standard InChI is InChI=1S/C25H25.C11H17.C9H10.2ClH.Zr/c1-14-12-24(3,4)22-8-16-7-17-9-23-19(15(2)13-25(23,5)6)11-21(17)20(16)10-18(14)22;1-5-9-6-7-10(8-9)11(2,3)4;1-3-9-6-4-8(2)5-7-9;;;/h8-12H,7H2,1-6H3;6-8H,5H2,1-4H3;4-7H,1-2H3;2*1H;/q2*-1;;;;+2/p-2. The fourth-order valence-electron chi connectivity index (χ4n) is 7.26. The average molecular weight is 755 g/mol. The first-order valence-electron chi connectivity index (χ1n) is 17.0. The molecule has 0 aromatic heterocycles. The summed E-state index contributed by atoms with van der Waals surface area (Å²) in [5.74, 6) is 0. The van der Waals surface area contributed by atoms with Gasteiger partial charge in [-0.2, -0.15) is 28.8 Å². The van der Waals surface area contributed by atoms with Gasteiger partial charge in [-0.15, -0.1) is 11.6 Å². The molecule has 48 heavy (non-hydrogen) atoms. The zero-order valence-electron chi connectivity index (χ0n) is 31.1. The monoisotopic (exact) mass is 752 g/mol. The van der Waals surface area contributed by atoms with E-state index in [0.717, 1.165) is 12.8 Å². The molecule has 0 amide bonds. The van der Waals surface area contributed by atoms with Crippen LogP contribution in [0.3, 0.4) is 0 Å². The maximum absolute atomic E-state index is 3.65. The number of fused-ring (bicyclic) bond motifs is 5. The summed E-state index contributed by atoms with van der Waals surface area (Å²) >= 11 is 1.51. The number of aryl methyl sites for hydroxylation is 2. The third-order valence-electron chi connectivity index (χ3n) is 10.0. The van der Waals surface area contributed by atoms with Crippen LogP contribution in [0.5, 0.6) is 0 Å². The molecule has 0 bridgehead atoms. The van der Waals surface area contributed by atoms with E-state index in [1.165, 1.54) is 105 Å². The Labute approximate surface area is 319 Å². The van der Waals surface area contributed by atoms with Gasteiger partial charge >= 0.3 is 76.7 Å². The molecule has 3 aliphatic carbocycles. The zero-order valence-corrected chi connectivity index (χ0v) is 35.1. The van der Waals surface area contributed by atoms with Crippen LogP contribution >= 0.6 is 0 Å². The van der Waals surface area contributed by atoms with Crippen molar-refractivity contribution in [2.24, 2.45) is 0 Å². The molecule has 0 aliphatic heterocycles. The molecule has 0 N–H and O–H groups in total. The number of hydrogen-bond acceptors (Lipinski definition) is 0. The second-order valence-corrected chi connectivity index (χ2v) is 17.7. The predicted molar refractivity (Wildman–Crippen MR) is 198 cm³/mol. The van der Waals surface area contributed by atoms with E-state index >= 15 is 0 Å². The van der Waals surface area contributed by atoms with Crippen molar-refractivity contribution in [3.63, 3.8) is 0 Å². The Balaban J connectivity index is 0.000000228. The van der Waals surface area contributed by atoms with Crippen molar-refractivity contribution in [2.75, 3.05) is 0 Å². The minimum Gasteiger partial charge on any atom is -1.00 e. The number of halogens is 2. The topological polar surface area (TPSA) is 0 Å². The van der Waals surface area contributed by atoms with Crippen molar-refractivity contribution in [2.45, 2.75) is 112 Å². The number of hydrogen-bond donors (Lipinski definition) is 0. The third-order valence-corrected chi connectivity index (χ3v) is 10.7. The van der Waals surface area contributed by atoms with E-state index in [1.54, 1.807) is 0 Å². The van der Waals surface area contributed by atoms with Gasteiger partial charge in [0.2, 0.25) is 0 Å². The van der Waals surface area contributed by atoms with Crippen LogP contribution in [0.2, 0.25) is 0 Å². The summed E-state index contributed by atoms with van der Waals surface area (Å²) < 4.78 is 1.46. The molecule has 0 nitrogen and oxygen atoms in total. The summed E-state index contributed by atoms with van der Waals surface area (Å²) in [4.78, 5) is 0. The predicted octanol–water partition coefficient (Wildman–Crippen LogP) is 5.81. The summed E-state index contributed by atoms with van der Waals surface area (Å²) in [6.07, 6.45) is 8.28. The number of rotatable bonds is 2. The van der Waals surface area contributed by atoms with Gasteiger partial charge in [-0.25, -0.2) is 11.6 Å². The van der Waals surface area contributed by atoms with Gasteiger partial charge in [0.25, 0.3) is 0 Å². The molecule has 0 spiro atoms. The van der Waals surface area contributed by atoms with Crippen molar-refractivity contribution >= 4 is 14.4 Å². The van der Waals surface area contributed by atoms with Crippen LogP contribution in [0.4, 0.5) is 0 Å². The van der Waals surface area contributed by atoms with Crippen LogP contribution in [0.15, 0.2) is 72.8 Å². The first-order valence-corrected chi connectivity index (χ1v) is 18.2. The van der Waals surface area contributed by atoms with E-state index in [1.807, 2.05) is 0 Å². The third kappa shape index (κ3) is 8.23. The van der Waals surface area contributed by atoms with Crippen molar-refractivity contribution in [3.8, 4) is 11.1 Å². The second kappa shape index (κ2) is 15.0. The minimum absolute atomic E-state index is 0. The van der Waals surface area contributed by atoms with Crippen LogP contribution in [-0.2, 0) is 53.3 Å². The molecule has 7 rings (SSSR count). The normalized spacial score (nSPS) is 15.5. The Hall–Kier alpha value is -2.18. The smallest absolute Gasteiger partial charge is 1.00 e. The van der Waals surface area contributed by atoms with Gasteiger partial charge in [0, 0.05) is 5.41 Å². The maximum atomic E-state index is 3.65. The van der Waals surface area contributed by atoms with Gasteiger partial charge in [0.1, 0.15) is 0 Å². The van der Waals surface area contributed by atoms with Crippen LogP contribution in [0, 0.1) is 13.0 Å². The Morgan fingerprint density at radius 3 is 1.88 bits per heavy atom. The number of allylic oxidation sites excluding steroid dienone is 4. The summed E-state index contributed by atoms with van der Waals surface area (Å²) in [6, 6.07) is 25.2. The van der Waals surface area contributed by atoms with Gasteiger partial charge in [-0.05, 0) is 58.4 Å². The fraction of sp³-hybridized carbons (Fsp3) is 0.378. The van der Waals surface area contributed by atoms with Gasteiger partial charge < -0.3 is 24.8 Å². The molecule has 0 atom stereocenters. The quantitative estimate of drug-likeness (QED) is 0.200. The van der Waals surface area contributed by atoms with Gasteiger partial charge in [-0.1, -0.05) is 97.8 Å². The van der Waals surface area contributed by atoms with Gasteiger partial charge in [0.15, 0.2) is 0 Å². The fourth-order valence-corrected chi connectivity index (χ4v) is 7.67. The minimum atomic E-state index is 0.